The summed E-state index contributed by atoms with van der Waals surface area (Å²) in [6.07, 6.45) is 0. The van der Waals surface area contributed by atoms with Crippen LogP contribution in [0.2, 0.25) is 0 Å². The fourth-order valence-corrected chi connectivity index (χ4v) is 1.93. The van der Waals surface area contributed by atoms with Gasteiger partial charge in [0.25, 0.3) is 0 Å². The summed E-state index contributed by atoms with van der Waals surface area (Å²) in [5.74, 6) is 0.717. The minimum absolute atomic E-state index is 0.644. The molecule has 0 aliphatic carbocycles. The average molecular weight is 186 g/mol. The molecule has 0 aliphatic rings. The molecule has 0 rings (SSSR count). The summed E-state index contributed by atoms with van der Waals surface area (Å²) in [5.41, 5.74) is 0. The lowest BCUT2D eigenvalue weighted by atomic mass is 10.0. The molecule has 13 heavy (non-hydrogen) atoms. The minimum Gasteiger partial charge on any atom is -0.318 e. The summed E-state index contributed by atoms with van der Waals surface area (Å²) in [6.45, 7) is 13.6. The van der Waals surface area contributed by atoms with Gasteiger partial charge in [0.2, 0.25) is 0 Å². The molecule has 1 N–H and O–H groups in total. The van der Waals surface area contributed by atoms with Gasteiger partial charge < -0.3 is 5.32 Å². The maximum Gasteiger partial charge on any atom is 0.0246 e. The van der Waals surface area contributed by atoms with Crippen LogP contribution in [0.25, 0.3) is 0 Å². The predicted octanol–water partition coefficient (Wildman–Crippen LogP) is 1.96. The summed E-state index contributed by atoms with van der Waals surface area (Å²) >= 11 is 0. The van der Waals surface area contributed by atoms with Crippen LogP contribution in [0.5, 0.6) is 0 Å². The topological polar surface area (TPSA) is 15.3 Å². The zero-order valence-electron chi connectivity index (χ0n) is 10.1. The number of hydrogen-bond donors (Lipinski definition) is 1. The van der Waals surface area contributed by atoms with Crippen molar-refractivity contribution in [2.75, 3.05) is 20.1 Å². The normalized spacial score (nSPS) is 14.5. The van der Waals surface area contributed by atoms with Crippen molar-refractivity contribution in [3.05, 3.63) is 0 Å². The molecule has 0 saturated heterocycles. The summed E-state index contributed by atoms with van der Waals surface area (Å²) < 4.78 is 0. The van der Waals surface area contributed by atoms with Crippen LogP contribution in [0.3, 0.4) is 0 Å². The van der Waals surface area contributed by atoms with Crippen LogP contribution in [-0.4, -0.2) is 37.1 Å². The van der Waals surface area contributed by atoms with Crippen molar-refractivity contribution in [2.45, 2.75) is 46.7 Å². The summed E-state index contributed by atoms with van der Waals surface area (Å²) in [4.78, 5) is 2.56. The Morgan fingerprint density at radius 2 is 1.69 bits per heavy atom. The zero-order chi connectivity index (χ0) is 10.4. The first-order valence-electron chi connectivity index (χ1n) is 5.44. The molecular weight excluding hydrogens is 160 g/mol. The number of nitrogens with zero attached hydrogens (tertiary/aromatic N) is 1. The maximum absolute atomic E-state index is 3.28. The lowest BCUT2D eigenvalue weighted by Crippen LogP contribution is -2.48. The Morgan fingerprint density at radius 1 is 1.15 bits per heavy atom. The Morgan fingerprint density at radius 3 is 1.92 bits per heavy atom. The van der Waals surface area contributed by atoms with Crippen LogP contribution in [0, 0.1) is 5.92 Å². The van der Waals surface area contributed by atoms with Gasteiger partial charge in [-0.25, -0.2) is 0 Å². The summed E-state index contributed by atoms with van der Waals surface area (Å²) in [5, 5.41) is 3.28. The summed E-state index contributed by atoms with van der Waals surface area (Å²) in [7, 11) is 2.03. The highest BCUT2D eigenvalue weighted by Gasteiger charge is 2.21. The van der Waals surface area contributed by atoms with Gasteiger partial charge in [-0.1, -0.05) is 20.8 Å². The third-order valence-corrected chi connectivity index (χ3v) is 2.64. The predicted molar refractivity (Wildman–Crippen MR) is 60.1 cm³/mol. The molecule has 0 amide bonds. The number of likely N-dealkylation sites (N-methyl/N-ethyl adjacent to an activating group) is 2. The number of hydrogen-bond acceptors (Lipinski definition) is 2. The van der Waals surface area contributed by atoms with Gasteiger partial charge in [-0.05, 0) is 33.4 Å². The van der Waals surface area contributed by atoms with E-state index in [0.29, 0.717) is 12.1 Å². The second-order valence-corrected chi connectivity index (χ2v) is 4.29. The molecule has 0 spiro atoms. The molecule has 1 atom stereocenters. The van der Waals surface area contributed by atoms with E-state index < -0.39 is 0 Å². The van der Waals surface area contributed by atoms with Crippen LogP contribution in [0.4, 0.5) is 0 Å². The Labute approximate surface area is 83.7 Å². The van der Waals surface area contributed by atoms with Gasteiger partial charge in [-0.15, -0.1) is 0 Å². The first-order chi connectivity index (χ1) is 6.04. The van der Waals surface area contributed by atoms with Crippen molar-refractivity contribution >= 4 is 0 Å². The largest absolute Gasteiger partial charge is 0.318 e. The fraction of sp³-hybridized carbons (Fsp3) is 1.00. The summed E-state index contributed by atoms with van der Waals surface area (Å²) in [6, 6.07) is 1.31. The molecule has 2 heteroatoms. The minimum atomic E-state index is 0.644. The monoisotopic (exact) mass is 186 g/mol. The molecule has 80 valence electrons. The van der Waals surface area contributed by atoms with Crippen molar-refractivity contribution in [1.29, 1.82) is 0 Å². The van der Waals surface area contributed by atoms with Gasteiger partial charge in [-0.2, -0.15) is 0 Å². The smallest absolute Gasteiger partial charge is 0.0246 e. The van der Waals surface area contributed by atoms with Crippen LogP contribution < -0.4 is 5.32 Å². The van der Waals surface area contributed by atoms with E-state index in [0.717, 1.165) is 19.0 Å². The van der Waals surface area contributed by atoms with Crippen LogP contribution in [-0.2, 0) is 0 Å². The van der Waals surface area contributed by atoms with Crippen molar-refractivity contribution < 1.29 is 0 Å². The molecular formula is C11H26N2. The van der Waals surface area contributed by atoms with Gasteiger partial charge in [0.1, 0.15) is 0 Å². The molecule has 0 fully saturated rings. The lowest BCUT2D eigenvalue weighted by Gasteiger charge is -2.36. The average Bonchev–Trinajstić information content (AvgIpc) is 2.03. The van der Waals surface area contributed by atoms with Crippen molar-refractivity contribution in [2.24, 2.45) is 5.92 Å². The molecule has 0 saturated carbocycles. The Bertz CT molecular complexity index is 121. The van der Waals surface area contributed by atoms with Crippen LogP contribution >= 0.6 is 0 Å². The van der Waals surface area contributed by atoms with Gasteiger partial charge in [0.05, 0.1) is 0 Å². The lowest BCUT2D eigenvalue weighted by molar-refractivity contribution is 0.125. The number of rotatable bonds is 6. The highest BCUT2D eigenvalue weighted by molar-refractivity contribution is 4.78. The highest BCUT2D eigenvalue weighted by Crippen LogP contribution is 2.12. The third kappa shape index (κ3) is 4.10. The van der Waals surface area contributed by atoms with E-state index in [1.165, 1.54) is 0 Å². The van der Waals surface area contributed by atoms with Gasteiger partial charge >= 0.3 is 0 Å². The Kier molecular flexibility index (Phi) is 6.35. The first kappa shape index (κ1) is 12.9. The molecule has 0 aliphatic heterocycles. The SMILES string of the molecule is CCN(C(C)C)C(CNC)C(C)C. The zero-order valence-corrected chi connectivity index (χ0v) is 10.1. The molecule has 0 aromatic heterocycles. The van der Waals surface area contributed by atoms with Crippen molar-refractivity contribution in [3.8, 4) is 0 Å². The van der Waals surface area contributed by atoms with E-state index in [-0.39, 0.29) is 0 Å². The van der Waals surface area contributed by atoms with Crippen molar-refractivity contribution in [3.63, 3.8) is 0 Å². The maximum atomic E-state index is 3.28. The van der Waals surface area contributed by atoms with E-state index in [1.807, 2.05) is 7.05 Å². The Balaban J connectivity index is 4.29. The second kappa shape index (κ2) is 6.39. The van der Waals surface area contributed by atoms with Crippen LogP contribution in [0.15, 0.2) is 0 Å². The van der Waals surface area contributed by atoms with E-state index in [2.05, 4.69) is 44.8 Å². The van der Waals surface area contributed by atoms with Gasteiger partial charge in [0, 0.05) is 18.6 Å². The van der Waals surface area contributed by atoms with Gasteiger partial charge in [-0.3, -0.25) is 4.90 Å². The Hall–Kier alpha value is -0.0800. The molecule has 0 heterocycles. The third-order valence-electron chi connectivity index (χ3n) is 2.64. The van der Waals surface area contributed by atoms with E-state index in [4.69, 9.17) is 0 Å². The first-order valence-corrected chi connectivity index (χ1v) is 5.44. The number of nitrogens with one attached hydrogen (secondary N) is 1. The quantitative estimate of drug-likeness (QED) is 0.682. The van der Waals surface area contributed by atoms with E-state index in [9.17, 15) is 0 Å². The molecule has 0 bridgehead atoms. The van der Waals surface area contributed by atoms with Crippen molar-refractivity contribution in [1.82, 2.24) is 10.2 Å². The fourth-order valence-electron chi connectivity index (χ4n) is 1.93. The molecule has 0 aromatic rings. The van der Waals surface area contributed by atoms with E-state index in [1.54, 1.807) is 0 Å². The van der Waals surface area contributed by atoms with Gasteiger partial charge in [0.15, 0.2) is 0 Å². The molecule has 2 nitrogen and oxygen atoms in total. The van der Waals surface area contributed by atoms with Crippen LogP contribution in [0.1, 0.15) is 34.6 Å². The standard InChI is InChI=1S/C11H26N2/c1-7-13(10(4)5)11(8-12-6)9(2)3/h9-12H,7-8H2,1-6H3. The highest BCUT2D eigenvalue weighted by atomic mass is 15.2. The molecule has 1 unspecified atom stereocenters. The molecule has 0 aromatic carbocycles. The second-order valence-electron chi connectivity index (χ2n) is 4.29. The molecule has 0 radical (unpaired) electrons. The van der Waals surface area contributed by atoms with E-state index >= 15 is 0 Å².